The maximum atomic E-state index is 12.7. The second kappa shape index (κ2) is 9.18. The van der Waals surface area contributed by atoms with Gasteiger partial charge in [-0.25, -0.2) is 4.79 Å². The molecule has 1 N–H and O–H groups in total. The maximum absolute atomic E-state index is 12.7. The summed E-state index contributed by atoms with van der Waals surface area (Å²) in [5, 5.41) is 10.1. The molecule has 3 atom stereocenters. The van der Waals surface area contributed by atoms with Gasteiger partial charge in [-0.2, -0.15) is 0 Å². The van der Waals surface area contributed by atoms with Crippen LogP contribution in [-0.2, 0) is 30.4 Å². The van der Waals surface area contributed by atoms with Crippen molar-refractivity contribution in [1.29, 1.82) is 0 Å². The van der Waals surface area contributed by atoms with Crippen LogP contribution < -0.4 is 0 Å². The number of hydrogen-bond acceptors (Lipinski definition) is 7. The number of rotatable bonds is 5. The fraction of sp³-hybridized carbons (Fsp3) is 0.421. The number of methoxy groups -OCH3 is 2. The molecule has 0 aromatic heterocycles. The molecule has 0 aliphatic carbocycles. The number of aliphatic hydroxyl groups is 1. The molecule has 146 valence electrons. The van der Waals surface area contributed by atoms with Gasteiger partial charge in [0.2, 0.25) is 0 Å². The molecule has 2 rings (SSSR count). The topological polar surface area (TPSA) is 102 Å². The van der Waals surface area contributed by atoms with Gasteiger partial charge in [-0.3, -0.25) is 14.5 Å². The maximum Gasteiger partial charge on any atom is 0.410 e. The summed E-state index contributed by atoms with van der Waals surface area (Å²) in [6.07, 6.45) is 1.10. The molecule has 1 aliphatic rings. The van der Waals surface area contributed by atoms with Crippen LogP contribution in [0.3, 0.4) is 0 Å². The molecule has 0 saturated heterocycles. The van der Waals surface area contributed by atoms with E-state index in [0.717, 1.165) is 24.7 Å². The highest BCUT2D eigenvalue weighted by molar-refractivity contribution is 5.96. The predicted octanol–water partition coefficient (Wildman–Crippen LogP) is 1.28. The van der Waals surface area contributed by atoms with E-state index in [1.54, 1.807) is 19.1 Å². The summed E-state index contributed by atoms with van der Waals surface area (Å²) >= 11 is 0. The SMILES string of the molecule is COC(=O)C(C(=O)OC)[C@@H]1C=C[C@H](O)[C@@H](C)N1C(=O)OCc1ccccc1. The van der Waals surface area contributed by atoms with Crippen molar-refractivity contribution in [1.82, 2.24) is 4.90 Å². The van der Waals surface area contributed by atoms with E-state index in [1.165, 1.54) is 12.2 Å². The molecular formula is C19H23NO7. The highest BCUT2D eigenvalue weighted by Gasteiger charge is 2.45. The molecular weight excluding hydrogens is 354 g/mol. The molecule has 0 spiro atoms. The van der Waals surface area contributed by atoms with Crippen molar-refractivity contribution < 1.29 is 33.7 Å². The number of esters is 2. The number of carbonyl (C=O) groups excluding carboxylic acids is 3. The lowest BCUT2D eigenvalue weighted by Crippen LogP contribution is -2.57. The van der Waals surface area contributed by atoms with Gasteiger partial charge in [-0.1, -0.05) is 42.5 Å². The smallest absolute Gasteiger partial charge is 0.410 e. The van der Waals surface area contributed by atoms with E-state index < -0.39 is 42.1 Å². The minimum absolute atomic E-state index is 0.0105. The first kappa shape index (κ1) is 20.4. The van der Waals surface area contributed by atoms with E-state index in [2.05, 4.69) is 0 Å². The number of nitrogens with zero attached hydrogens (tertiary/aromatic N) is 1. The minimum Gasteiger partial charge on any atom is -0.468 e. The Morgan fingerprint density at radius 3 is 2.22 bits per heavy atom. The third-order valence-corrected chi connectivity index (χ3v) is 4.43. The molecule has 0 fully saturated rings. The lowest BCUT2D eigenvalue weighted by Gasteiger charge is -2.40. The zero-order valence-corrected chi connectivity index (χ0v) is 15.4. The summed E-state index contributed by atoms with van der Waals surface area (Å²) in [4.78, 5) is 38.2. The van der Waals surface area contributed by atoms with Crippen LogP contribution in [0, 0.1) is 5.92 Å². The standard InChI is InChI=1S/C19H23NO7/c1-12-15(21)10-9-14(16(17(22)25-2)18(23)26-3)20(12)19(24)27-11-13-7-5-4-6-8-13/h4-10,12,14-16,21H,11H2,1-3H3/t12-,14+,15+/m1/s1. The summed E-state index contributed by atoms with van der Waals surface area (Å²) < 4.78 is 14.7. The quantitative estimate of drug-likeness (QED) is 0.357. The second-order valence-corrected chi connectivity index (χ2v) is 6.08. The van der Waals surface area contributed by atoms with Gasteiger partial charge in [0.15, 0.2) is 5.92 Å². The number of aliphatic hydroxyl groups excluding tert-OH is 1. The average molecular weight is 377 g/mol. The van der Waals surface area contributed by atoms with Gasteiger partial charge < -0.3 is 19.3 Å². The van der Waals surface area contributed by atoms with Crippen LogP contribution in [0.2, 0.25) is 0 Å². The fourth-order valence-corrected chi connectivity index (χ4v) is 2.90. The zero-order valence-electron chi connectivity index (χ0n) is 15.4. The van der Waals surface area contributed by atoms with Crippen molar-refractivity contribution in [2.45, 2.75) is 31.7 Å². The predicted molar refractivity (Wildman–Crippen MR) is 94.4 cm³/mol. The van der Waals surface area contributed by atoms with Gasteiger partial charge in [-0.05, 0) is 12.5 Å². The van der Waals surface area contributed by atoms with E-state index >= 15 is 0 Å². The molecule has 8 nitrogen and oxygen atoms in total. The zero-order chi connectivity index (χ0) is 20.0. The van der Waals surface area contributed by atoms with Crippen molar-refractivity contribution in [2.24, 2.45) is 5.92 Å². The van der Waals surface area contributed by atoms with E-state index in [-0.39, 0.29) is 6.61 Å². The Balaban J connectivity index is 2.27. The lowest BCUT2D eigenvalue weighted by molar-refractivity contribution is -0.161. The van der Waals surface area contributed by atoms with E-state index in [1.807, 2.05) is 18.2 Å². The van der Waals surface area contributed by atoms with Crippen LogP contribution in [-0.4, -0.2) is 60.4 Å². The molecule has 1 heterocycles. The first-order chi connectivity index (χ1) is 12.9. The van der Waals surface area contributed by atoms with E-state index in [9.17, 15) is 19.5 Å². The molecule has 1 amide bonds. The van der Waals surface area contributed by atoms with Crippen LogP contribution in [0.25, 0.3) is 0 Å². The van der Waals surface area contributed by atoms with Crippen LogP contribution in [0.1, 0.15) is 12.5 Å². The third kappa shape index (κ3) is 4.65. The Hall–Kier alpha value is -2.87. The van der Waals surface area contributed by atoms with Crippen molar-refractivity contribution in [3.8, 4) is 0 Å². The number of hydrogen-bond donors (Lipinski definition) is 1. The molecule has 27 heavy (non-hydrogen) atoms. The molecule has 0 unspecified atom stereocenters. The van der Waals surface area contributed by atoms with Crippen LogP contribution in [0.5, 0.6) is 0 Å². The van der Waals surface area contributed by atoms with Crippen LogP contribution >= 0.6 is 0 Å². The summed E-state index contributed by atoms with van der Waals surface area (Å²) in [6.45, 7) is 1.60. The number of carbonyl (C=O) groups is 3. The Labute approximate surface area is 157 Å². The monoisotopic (exact) mass is 377 g/mol. The third-order valence-electron chi connectivity index (χ3n) is 4.43. The molecule has 0 radical (unpaired) electrons. The minimum atomic E-state index is -1.39. The average Bonchev–Trinajstić information content (AvgIpc) is 2.69. The number of benzene rings is 1. The van der Waals surface area contributed by atoms with Gasteiger partial charge >= 0.3 is 18.0 Å². The first-order valence-electron chi connectivity index (χ1n) is 8.41. The fourth-order valence-electron chi connectivity index (χ4n) is 2.90. The summed E-state index contributed by atoms with van der Waals surface area (Å²) in [6, 6.07) is 7.33. The summed E-state index contributed by atoms with van der Waals surface area (Å²) in [5.41, 5.74) is 0.778. The molecule has 1 aliphatic heterocycles. The molecule has 0 bridgehead atoms. The largest absolute Gasteiger partial charge is 0.468 e. The van der Waals surface area contributed by atoms with Gasteiger partial charge in [0.25, 0.3) is 0 Å². The summed E-state index contributed by atoms with van der Waals surface area (Å²) in [7, 11) is 2.28. The van der Waals surface area contributed by atoms with Crippen molar-refractivity contribution >= 4 is 18.0 Å². The highest BCUT2D eigenvalue weighted by atomic mass is 16.6. The molecule has 8 heteroatoms. The number of ether oxygens (including phenoxy) is 3. The van der Waals surface area contributed by atoms with Crippen molar-refractivity contribution in [3.05, 3.63) is 48.0 Å². The Kier molecular flexibility index (Phi) is 6.95. The lowest BCUT2D eigenvalue weighted by atomic mass is 9.91. The highest BCUT2D eigenvalue weighted by Crippen LogP contribution is 2.26. The van der Waals surface area contributed by atoms with Gasteiger partial charge in [0.1, 0.15) is 6.61 Å². The normalized spacial score (nSPS) is 21.7. The van der Waals surface area contributed by atoms with Crippen molar-refractivity contribution in [2.75, 3.05) is 14.2 Å². The van der Waals surface area contributed by atoms with Gasteiger partial charge in [0, 0.05) is 0 Å². The molecule has 0 saturated carbocycles. The van der Waals surface area contributed by atoms with E-state index in [0.29, 0.717) is 0 Å². The van der Waals surface area contributed by atoms with Crippen LogP contribution in [0.15, 0.2) is 42.5 Å². The van der Waals surface area contributed by atoms with E-state index in [4.69, 9.17) is 14.2 Å². The molecule has 1 aromatic rings. The van der Waals surface area contributed by atoms with Crippen molar-refractivity contribution in [3.63, 3.8) is 0 Å². The Bertz CT molecular complexity index is 687. The van der Waals surface area contributed by atoms with Gasteiger partial charge in [-0.15, -0.1) is 0 Å². The number of amides is 1. The Morgan fingerprint density at radius 2 is 1.67 bits per heavy atom. The van der Waals surface area contributed by atoms with Gasteiger partial charge in [0.05, 0.1) is 32.4 Å². The molecule has 1 aromatic carbocycles. The van der Waals surface area contributed by atoms with Crippen LogP contribution in [0.4, 0.5) is 4.79 Å². The second-order valence-electron chi connectivity index (χ2n) is 6.08. The first-order valence-corrected chi connectivity index (χ1v) is 8.41. The Morgan fingerprint density at radius 1 is 1.07 bits per heavy atom. The summed E-state index contributed by atoms with van der Waals surface area (Å²) in [5.74, 6) is -3.09.